The number of aliphatic hydroxyl groups is 2. The van der Waals surface area contributed by atoms with E-state index in [0.29, 0.717) is 0 Å². The van der Waals surface area contributed by atoms with Gasteiger partial charge in [0.05, 0.1) is 12.5 Å². The van der Waals surface area contributed by atoms with Crippen LogP contribution in [0.4, 0.5) is 0 Å². The van der Waals surface area contributed by atoms with Crippen LogP contribution in [0.25, 0.3) is 0 Å². The van der Waals surface area contributed by atoms with Crippen molar-refractivity contribution in [3.05, 3.63) is 48.6 Å². The lowest BCUT2D eigenvalue weighted by molar-refractivity contribution is -0.149. The number of unbranched alkanes of at least 4 members (excludes halogenated alkanes) is 3. The predicted molar refractivity (Wildman–Crippen MR) is 108 cm³/mol. The number of carbonyl (C=O) groups is 1. The summed E-state index contributed by atoms with van der Waals surface area (Å²) in [6, 6.07) is 0. The molecule has 0 aliphatic rings. The molecule has 0 radical (unpaired) electrons. The number of ether oxygens (including phenoxy) is 1. The van der Waals surface area contributed by atoms with Gasteiger partial charge in [0.2, 0.25) is 0 Å². The maximum atomic E-state index is 11.6. The Hall–Kier alpha value is -1.65. The molecule has 0 aromatic carbocycles. The molecule has 2 N–H and O–H groups in total. The molecule has 26 heavy (non-hydrogen) atoms. The molecule has 0 aliphatic carbocycles. The molecule has 0 aromatic rings. The van der Waals surface area contributed by atoms with E-state index in [1.54, 1.807) is 13.0 Å². The molecule has 0 spiro atoms. The van der Waals surface area contributed by atoms with Gasteiger partial charge in [-0.15, -0.1) is 0 Å². The zero-order valence-electron chi connectivity index (χ0n) is 16.3. The van der Waals surface area contributed by atoms with E-state index in [4.69, 9.17) is 14.9 Å². The van der Waals surface area contributed by atoms with E-state index in [9.17, 15) is 4.79 Å². The summed E-state index contributed by atoms with van der Waals surface area (Å²) >= 11 is 0. The number of aliphatic hydroxyl groups excluding tert-OH is 2. The van der Waals surface area contributed by atoms with Crippen LogP contribution in [0.15, 0.2) is 48.6 Å². The Morgan fingerprint density at radius 2 is 1.54 bits per heavy atom. The van der Waals surface area contributed by atoms with E-state index in [-0.39, 0.29) is 12.5 Å². The zero-order chi connectivity index (χ0) is 19.5. The number of allylic oxidation sites excluding steroid dienone is 7. The number of hydrogen-bond acceptors (Lipinski definition) is 4. The molecule has 0 heterocycles. The molecule has 0 saturated heterocycles. The Kier molecular flexibility index (Phi) is 17.0. The topological polar surface area (TPSA) is 66.8 Å². The van der Waals surface area contributed by atoms with Crippen LogP contribution in [-0.4, -0.2) is 35.5 Å². The molecule has 4 heteroatoms. The first-order valence-corrected chi connectivity index (χ1v) is 9.69. The fraction of sp³-hybridized carbons (Fsp3) is 0.591. The largest absolute Gasteiger partial charge is 0.462 e. The summed E-state index contributed by atoms with van der Waals surface area (Å²) in [6.07, 6.45) is 23.4. The Balaban J connectivity index is 3.74. The standard InChI is InChI=1S/C22H36O4/c1-3-4-5-6-7-8-9-10-11-12-13-14-15-16-17-20(2)22(25)26-19-21(24)18-23/h7-8,10-11,13-14,16-17,20-21,23-24H,3-6,9,12,15,18-19H2,1-2H3/b8-7-,11-10-,14-13-,17-16-. The van der Waals surface area contributed by atoms with Crippen molar-refractivity contribution < 1.29 is 19.7 Å². The van der Waals surface area contributed by atoms with Gasteiger partial charge in [0.1, 0.15) is 12.7 Å². The average Bonchev–Trinajstić information content (AvgIpc) is 2.65. The van der Waals surface area contributed by atoms with Crippen molar-refractivity contribution >= 4 is 5.97 Å². The molecule has 2 atom stereocenters. The minimum atomic E-state index is -1.01. The van der Waals surface area contributed by atoms with Crippen molar-refractivity contribution in [3.8, 4) is 0 Å². The second-order valence-corrected chi connectivity index (χ2v) is 6.30. The Labute approximate surface area is 159 Å². The lowest BCUT2D eigenvalue weighted by atomic mass is 10.1. The lowest BCUT2D eigenvalue weighted by Gasteiger charge is -2.10. The molecular weight excluding hydrogens is 328 g/mol. The van der Waals surface area contributed by atoms with E-state index in [1.807, 2.05) is 6.08 Å². The minimum Gasteiger partial charge on any atom is -0.462 e. The Morgan fingerprint density at radius 3 is 2.12 bits per heavy atom. The van der Waals surface area contributed by atoms with Gasteiger partial charge in [-0.2, -0.15) is 0 Å². The van der Waals surface area contributed by atoms with E-state index < -0.39 is 18.7 Å². The third-order valence-corrected chi connectivity index (χ3v) is 3.72. The minimum absolute atomic E-state index is 0.173. The highest BCUT2D eigenvalue weighted by atomic mass is 16.5. The third-order valence-electron chi connectivity index (χ3n) is 3.72. The lowest BCUT2D eigenvalue weighted by Crippen LogP contribution is -2.24. The van der Waals surface area contributed by atoms with Gasteiger partial charge in [-0.25, -0.2) is 0 Å². The van der Waals surface area contributed by atoms with Crippen molar-refractivity contribution in [1.29, 1.82) is 0 Å². The van der Waals surface area contributed by atoms with Crippen LogP contribution in [0.5, 0.6) is 0 Å². The quantitative estimate of drug-likeness (QED) is 0.255. The summed E-state index contributed by atoms with van der Waals surface area (Å²) in [4.78, 5) is 11.6. The molecule has 148 valence electrons. The molecule has 0 saturated carbocycles. The van der Waals surface area contributed by atoms with Gasteiger partial charge in [0.15, 0.2) is 0 Å². The summed E-state index contributed by atoms with van der Waals surface area (Å²) in [5.74, 6) is -0.762. The Bertz CT molecular complexity index is 449. The van der Waals surface area contributed by atoms with Crippen molar-refractivity contribution in [2.24, 2.45) is 5.92 Å². The van der Waals surface area contributed by atoms with Crippen molar-refractivity contribution in [1.82, 2.24) is 0 Å². The van der Waals surface area contributed by atoms with Gasteiger partial charge < -0.3 is 14.9 Å². The molecule has 0 amide bonds. The summed E-state index contributed by atoms with van der Waals surface area (Å²) in [5.41, 5.74) is 0. The molecule has 4 nitrogen and oxygen atoms in total. The third kappa shape index (κ3) is 15.9. The van der Waals surface area contributed by atoms with Crippen LogP contribution < -0.4 is 0 Å². The first-order chi connectivity index (χ1) is 12.6. The predicted octanol–water partition coefficient (Wildman–Crippen LogP) is 4.49. The SMILES string of the molecule is CCCCC/C=C\C/C=C\C/C=C\C/C=C\C(C)C(=O)OCC(O)CO. The number of esters is 1. The highest BCUT2D eigenvalue weighted by Crippen LogP contribution is 2.03. The van der Waals surface area contributed by atoms with Gasteiger partial charge in [-0.1, -0.05) is 68.4 Å². The van der Waals surface area contributed by atoms with Gasteiger partial charge in [0.25, 0.3) is 0 Å². The zero-order valence-corrected chi connectivity index (χ0v) is 16.3. The number of hydrogen-bond donors (Lipinski definition) is 2. The first-order valence-electron chi connectivity index (χ1n) is 9.69. The monoisotopic (exact) mass is 364 g/mol. The van der Waals surface area contributed by atoms with E-state index in [2.05, 4.69) is 43.4 Å². The number of carbonyl (C=O) groups excluding carboxylic acids is 1. The van der Waals surface area contributed by atoms with Crippen LogP contribution >= 0.6 is 0 Å². The summed E-state index contributed by atoms with van der Waals surface area (Å²) in [6.45, 7) is 3.38. The normalized spacial score (nSPS) is 14.8. The fourth-order valence-electron chi connectivity index (χ4n) is 2.07. The van der Waals surface area contributed by atoms with Crippen LogP contribution in [0, 0.1) is 5.92 Å². The average molecular weight is 365 g/mol. The maximum absolute atomic E-state index is 11.6. The van der Waals surface area contributed by atoms with Crippen LogP contribution in [-0.2, 0) is 9.53 Å². The summed E-state index contributed by atoms with van der Waals surface area (Å²) in [5, 5.41) is 17.8. The van der Waals surface area contributed by atoms with E-state index in [1.165, 1.54) is 25.7 Å². The van der Waals surface area contributed by atoms with E-state index in [0.717, 1.165) is 19.3 Å². The second-order valence-electron chi connectivity index (χ2n) is 6.30. The van der Waals surface area contributed by atoms with Gasteiger partial charge in [-0.05, 0) is 39.0 Å². The summed E-state index contributed by atoms with van der Waals surface area (Å²) < 4.78 is 4.89. The number of rotatable bonds is 15. The second kappa shape index (κ2) is 18.2. The molecule has 0 rings (SSSR count). The molecule has 0 aromatic heterocycles. The highest BCUT2D eigenvalue weighted by Gasteiger charge is 2.12. The molecule has 0 fully saturated rings. The van der Waals surface area contributed by atoms with Crippen LogP contribution in [0.3, 0.4) is 0 Å². The van der Waals surface area contributed by atoms with Crippen molar-refractivity contribution in [3.63, 3.8) is 0 Å². The Morgan fingerprint density at radius 1 is 0.962 bits per heavy atom. The summed E-state index contributed by atoms with van der Waals surface area (Å²) in [7, 11) is 0. The van der Waals surface area contributed by atoms with Gasteiger partial charge in [-0.3, -0.25) is 4.79 Å². The van der Waals surface area contributed by atoms with Crippen LogP contribution in [0.1, 0.15) is 58.8 Å². The smallest absolute Gasteiger partial charge is 0.312 e. The fourth-order valence-corrected chi connectivity index (χ4v) is 2.07. The van der Waals surface area contributed by atoms with Crippen molar-refractivity contribution in [2.75, 3.05) is 13.2 Å². The maximum Gasteiger partial charge on any atom is 0.312 e. The van der Waals surface area contributed by atoms with E-state index >= 15 is 0 Å². The van der Waals surface area contributed by atoms with Gasteiger partial charge >= 0.3 is 5.97 Å². The molecule has 2 unspecified atom stereocenters. The van der Waals surface area contributed by atoms with Gasteiger partial charge in [0, 0.05) is 0 Å². The molecule has 0 bridgehead atoms. The van der Waals surface area contributed by atoms with Crippen molar-refractivity contribution in [2.45, 2.75) is 64.9 Å². The van der Waals surface area contributed by atoms with Crippen LogP contribution in [0.2, 0.25) is 0 Å². The molecule has 0 aliphatic heterocycles. The molecular formula is C22H36O4. The first kappa shape index (κ1) is 24.4. The highest BCUT2D eigenvalue weighted by molar-refractivity contribution is 5.73.